The second-order valence-corrected chi connectivity index (χ2v) is 5.97. The topological polar surface area (TPSA) is 41.1 Å². The lowest BCUT2D eigenvalue weighted by Crippen LogP contribution is -2.30. The molecule has 0 heterocycles. The Bertz CT molecular complexity index is 633. The molecule has 1 atom stereocenters. The molecule has 0 saturated heterocycles. The van der Waals surface area contributed by atoms with Gasteiger partial charge in [-0.1, -0.05) is 51.8 Å². The van der Waals surface area contributed by atoms with Gasteiger partial charge >= 0.3 is 0 Å². The van der Waals surface area contributed by atoms with Crippen molar-refractivity contribution in [1.29, 1.82) is 0 Å². The molecule has 3 nitrogen and oxygen atoms in total. The third-order valence-electron chi connectivity index (χ3n) is 3.05. The quantitative estimate of drug-likeness (QED) is 0.823. The fourth-order valence-electron chi connectivity index (χ4n) is 1.95. The third-order valence-corrected chi connectivity index (χ3v) is 4.01. The molecule has 0 aliphatic rings. The van der Waals surface area contributed by atoms with Crippen LogP contribution in [0.25, 0.3) is 0 Å². The molecule has 0 radical (unpaired) electrons. The Hall–Kier alpha value is -1.36. The van der Waals surface area contributed by atoms with Crippen molar-refractivity contribution in [1.82, 2.24) is 5.32 Å². The van der Waals surface area contributed by atoms with Crippen molar-refractivity contribution in [3.8, 4) is 0 Å². The van der Waals surface area contributed by atoms with Crippen LogP contribution in [0.4, 0.5) is 5.69 Å². The van der Waals surface area contributed by atoms with Crippen LogP contribution in [0.3, 0.4) is 0 Å². The molecule has 21 heavy (non-hydrogen) atoms. The summed E-state index contributed by atoms with van der Waals surface area (Å²) in [6, 6.07) is 15.1. The largest absolute Gasteiger partial charge is 0.325 e. The average molecular weight is 368 g/mol. The molecule has 110 valence electrons. The van der Waals surface area contributed by atoms with Crippen LogP contribution in [-0.4, -0.2) is 12.5 Å². The number of carbonyl (C=O) groups excluding carboxylic acids is 1. The second kappa shape index (κ2) is 7.59. The van der Waals surface area contributed by atoms with Crippen molar-refractivity contribution in [2.45, 2.75) is 13.0 Å². The van der Waals surface area contributed by atoms with Crippen molar-refractivity contribution in [3.63, 3.8) is 0 Å². The molecule has 2 rings (SSSR count). The van der Waals surface area contributed by atoms with Gasteiger partial charge in [-0.2, -0.15) is 0 Å². The molecular formula is C16H16BrClN2O. The first-order valence-electron chi connectivity index (χ1n) is 6.59. The van der Waals surface area contributed by atoms with Gasteiger partial charge in [0.1, 0.15) is 0 Å². The summed E-state index contributed by atoms with van der Waals surface area (Å²) in [4.78, 5) is 11.9. The molecule has 2 aromatic carbocycles. The number of benzene rings is 2. The summed E-state index contributed by atoms with van der Waals surface area (Å²) in [6.07, 6.45) is 0. The predicted molar refractivity (Wildman–Crippen MR) is 90.6 cm³/mol. The van der Waals surface area contributed by atoms with Crippen LogP contribution in [0.1, 0.15) is 18.5 Å². The number of nitrogens with one attached hydrogen (secondary N) is 2. The predicted octanol–water partition coefficient (Wildman–Crippen LogP) is 4.39. The lowest BCUT2D eigenvalue weighted by Gasteiger charge is -2.15. The SMILES string of the molecule is C[C@H](NCC(=O)Nc1cccc(Cl)c1)c1ccccc1Br. The Morgan fingerprint density at radius 3 is 2.71 bits per heavy atom. The van der Waals surface area contributed by atoms with Crippen LogP contribution in [-0.2, 0) is 4.79 Å². The van der Waals surface area contributed by atoms with Crippen LogP contribution in [0.5, 0.6) is 0 Å². The van der Waals surface area contributed by atoms with Crippen LogP contribution in [0.15, 0.2) is 53.0 Å². The Balaban J connectivity index is 1.88. The van der Waals surface area contributed by atoms with Crippen LogP contribution in [0.2, 0.25) is 5.02 Å². The highest BCUT2D eigenvalue weighted by molar-refractivity contribution is 9.10. The molecule has 0 spiro atoms. The number of amides is 1. The van der Waals surface area contributed by atoms with Gasteiger partial charge in [0, 0.05) is 21.2 Å². The van der Waals surface area contributed by atoms with E-state index in [1.807, 2.05) is 31.2 Å². The van der Waals surface area contributed by atoms with Gasteiger partial charge in [-0.05, 0) is 36.8 Å². The zero-order valence-electron chi connectivity index (χ0n) is 11.6. The summed E-state index contributed by atoms with van der Waals surface area (Å²) in [5.74, 6) is -0.101. The maximum atomic E-state index is 11.9. The van der Waals surface area contributed by atoms with Gasteiger partial charge < -0.3 is 10.6 Å². The fourth-order valence-corrected chi connectivity index (χ4v) is 2.77. The molecule has 5 heteroatoms. The van der Waals surface area contributed by atoms with Crippen LogP contribution in [0, 0.1) is 0 Å². The smallest absolute Gasteiger partial charge is 0.238 e. The average Bonchev–Trinajstić information content (AvgIpc) is 2.45. The van der Waals surface area contributed by atoms with Crippen molar-refractivity contribution in [2.24, 2.45) is 0 Å². The lowest BCUT2D eigenvalue weighted by atomic mass is 10.1. The van der Waals surface area contributed by atoms with E-state index >= 15 is 0 Å². The maximum Gasteiger partial charge on any atom is 0.238 e. The second-order valence-electron chi connectivity index (χ2n) is 4.68. The van der Waals surface area contributed by atoms with E-state index in [9.17, 15) is 4.79 Å². The summed E-state index contributed by atoms with van der Waals surface area (Å²) < 4.78 is 1.03. The summed E-state index contributed by atoms with van der Waals surface area (Å²) in [5.41, 5.74) is 1.82. The van der Waals surface area contributed by atoms with E-state index in [-0.39, 0.29) is 18.5 Å². The molecule has 0 fully saturated rings. The summed E-state index contributed by atoms with van der Waals surface area (Å²) in [6.45, 7) is 2.25. The maximum absolute atomic E-state index is 11.9. The van der Waals surface area contributed by atoms with E-state index in [4.69, 9.17) is 11.6 Å². The molecule has 1 amide bonds. The summed E-state index contributed by atoms with van der Waals surface area (Å²) in [7, 11) is 0. The van der Waals surface area contributed by atoms with Crippen molar-refractivity contribution in [3.05, 3.63) is 63.6 Å². The van der Waals surface area contributed by atoms with Gasteiger partial charge in [-0.3, -0.25) is 4.79 Å². The minimum atomic E-state index is -0.101. The summed E-state index contributed by atoms with van der Waals surface area (Å²) >= 11 is 9.39. The monoisotopic (exact) mass is 366 g/mol. The first-order valence-corrected chi connectivity index (χ1v) is 7.76. The summed E-state index contributed by atoms with van der Waals surface area (Å²) in [5, 5.41) is 6.61. The highest BCUT2D eigenvalue weighted by Crippen LogP contribution is 2.22. The molecule has 0 aromatic heterocycles. The molecule has 0 aliphatic carbocycles. The van der Waals surface area contributed by atoms with Gasteiger partial charge in [0.05, 0.1) is 6.54 Å². The Labute approximate surface area is 137 Å². The van der Waals surface area contributed by atoms with Gasteiger partial charge in [0.25, 0.3) is 0 Å². The molecule has 2 N–H and O–H groups in total. The Morgan fingerprint density at radius 1 is 1.24 bits per heavy atom. The molecular weight excluding hydrogens is 352 g/mol. The first kappa shape index (κ1) is 16.0. The minimum Gasteiger partial charge on any atom is -0.325 e. The fraction of sp³-hybridized carbons (Fsp3) is 0.188. The number of hydrogen-bond acceptors (Lipinski definition) is 2. The van der Waals surface area contributed by atoms with Crippen molar-refractivity contribution in [2.75, 3.05) is 11.9 Å². The highest BCUT2D eigenvalue weighted by Gasteiger charge is 2.10. The van der Waals surface area contributed by atoms with Gasteiger partial charge in [0.15, 0.2) is 0 Å². The van der Waals surface area contributed by atoms with E-state index in [0.717, 1.165) is 10.0 Å². The normalized spacial score (nSPS) is 12.0. The van der Waals surface area contributed by atoms with Crippen LogP contribution >= 0.6 is 27.5 Å². The Morgan fingerprint density at radius 2 is 2.00 bits per heavy atom. The van der Waals surface area contributed by atoms with Crippen molar-refractivity contribution >= 4 is 39.1 Å². The zero-order valence-corrected chi connectivity index (χ0v) is 13.9. The zero-order chi connectivity index (χ0) is 15.2. The van der Waals surface area contributed by atoms with Gasteiger partial charge in [0.2, 0.25) is 5.91 Å². The molecule has 0 bridgehead atoms. The first-order chi connectivity index (χ1) is 10.1. The number of hydrogen-bond donors (Lipinski definition) is 2. The van der Waals surface area contributed by atoms with Gasteiger partial charge in [-0.15, -0.1) is 0 Å². The van der Waals surface area contributed by atoms with E-state index < -0.39 is 0 Å². The van der Waals surface area contributed by atoms with E-state index in [2.05, 4.69) is 26.6 Å². The van der Waals surface area contributed by atoms with E-state index in [1.165, 1.54) is 0 Å². The minimum absolute atomic E-state index is 0.0747. The highest BCUT2D eigenvalue weighted by atomic mass is 79.9. The third kappa shape index (κ3) is 4.84. The number of halogens is 2. The lowest BCUT2D eigenvalue weighted by molar-refractivity contribution is -0.115. The molecule has 0 saturated carbocycles. The number of rotatable bonds is 5. The van der Waals surface area contributed by atoms with Crippen molar-refractivity contribution < 1.29 is 4.79 Å². The van der Waals surface area contributed by atoms with Gasteiger partial charge in [-0.25, -0.2) is 0 Å². The molecule has 0 unspecified atom stereocenters. The van der Waals surface area contributed by atoms with E-state index in [0.29, 0.717) is 10.7 Å². The molecule has 0 aliphatic heterocycles. The van der Waals surface area contributed by atoms with Crippen LogP contribution < -0.4 is 10.6 Å². The molecule has 2 aromatic rings. The standard InChI is InChI=1S/C16H16BrClN2O/c1-11(14-7-2-3-8-15(14)17)19-10-16(21)20-13-6-4-5-12(18)9-13/h2-9,11,19H,10H2,1H3,(H,20,21)/t11-/m0/s1. The van der Waals surface area contributed by atoms with E-state index in [1.54, 1.807) is 24.3 Å². The number of carbonyl (C=O) groups is 1. The Kier molecular flexibility index (Phi) is 5.79. The number of anilines is 1.